The highest BCUT2D eigenvalue weighted by molar-refractivity contribution is 5.79. The number of hydrogen-bond donors (Lipinski definition) is 1. The average molecular weight is 285 g/mol. The second-order valence-electron chi connectivity index (χ2n) is 5.80. The Morgan fingerprint density at radius 1 is 1.38 bits per heavy atom. The van der Waals surface area contributed by atoms with Gasteiger partial charge in [0.2, 0.25) is 0 Å². The smallest absolute Gasteiger partial charge is 0.0710 e. The predicted molar refractivity (Wildman–Crippen MR) is 85.3 cm³/mol. The molecule has 3 rings (SSSR count). The lowest BCUT2D eigenvalue weighted by molar-refractivity contribution is 0.101. The standard InChI is InChI=1S/C17H23N3O/c1-12-3-4-13-9-14(5-6-16(13)19-12)17(10-18)20-8-7-15(11-20)21-2/h3-6,9,15,17H,7-8,10-11,18H2,1-2H3. The monoisotopic (exact) mass is 285 g/mol. The van der Waals surface area contributed by atoms with Gasteiger partial charge in [-0.15, -0.1) is 0 Å². The van der Waals surface area contributed by atoms with Crippen molar-refractivity contribution in [3.05, 3.63) is 41.6 Å². The van der Waals surface area contributed by atoms with Crippen LogP contribution < -0.4 is 5.73 Å². The number of nitrogens with two attached hydrogens (primary N) is 1. The van der Waals surface area contributed by atoms with Gasteiger partial charge in [-0.3, -0.25) is 9.88 Å². The van der Waals surface area contributed by atoms with E-state index >= 15 is 0 Å². The molecule has 1 aliphatic rings. The molecule has 4 nitrogen and oxygen atoms in total. The molecule has 112 valence electrons. The maximum absolute atomic E-state index is 6.04. The number of pyridine rings is 1. The van der Waals surface area contributed by atoms with Crippen LogP contribution in [0.15, 0.2) is 30.3 Å². The summed E-state index contributed by atoms with van der Waals surface area (Å²) < 4.78 is 5.46. The van der Waals surface area contributed by atoms with Crippen molar-refractivity contribution in [1.82, 2.24) is 9.88 Å². The molecule has 2 heterocycles. The summed E-state index contributed by atoms with van der Waals surface area (Å²) in [5.41, 5.74) is 9.41. The Morgan fingerprint density at radius 3 is 2.95 bits per heavy atom. The quantitative estimate of drug-likeness (QED) is 0.936. The molecular formula is C17H23N3O. The van der Waals surface area contributed by atoms with Crippen molar-refractivity contribution in [2.24, 2.45) is 5.73 Å². The first-order chi connectivity index (χ1) is 10.2. The highest BCUT2D eigenvalue weighted by atomic mass is 16.5. The van der Waals surface area contributed by atoms with Gasteiger partial charge in [0.05, 0.1) is 11.6 Å². The molecule has 0 aliphatic carbocycles. The first kappa shape index (κ1) is 14.4. The minimum Gasteiger partial charge on any atom is -0.380 e. The fraction of sp³-hybridized carbons (Fsp3) is 0.471. The van der Waals surface area contributed by atoms with Gasteiger partial charge < -0.3 is 10.5 Å². The van der Waals surface area contributed by atoms with Crippen molar-refractivity contribution in [3.63, 3.8) is 0 Å². The normalized spacial score (nSPS) is 21.0. The Kier molecular flexibility index (Phi) is 4.19. The molecule has 1 aromatic carbocycles. The highest BCUT2D eigenvalue weighted by Gasteiger charge is 2.28. The second-order valence-corrected chi connectivity index (χ2v) is 5.80. The van der Waals surface area contributed by atoms with Crippen molar-refractivity contribution in [2.75, 3.05) is 26.7 Å². The zero-order valence-corrected chi connectivity index (χ0v) is 12.7. The number of rotatable bonds is 4. The fourth-order valence-corrected chi connectivity index (χ4v) is 3.18. The van der Waals surface area contributed by atoms with Crippen molar-refractivity contribution in [1.29, 1.82) is 0 Å². The maximum Gasteiger partial charge on any atom is 0.0710 e. The van der Waals surface area contributed by atoms with Gasteiger partial charge in [-0.05, 0) is 37.1 Å². The van der Waals surface area contributed by atoms with Crippen LogP contribution in [0.3, 0.4) is 0 Å². The molecule has 0 saturated carbocycles. The summed E-state index contributed by atoms with van der Waals surface area (Å²) in [7, 11) is 1.79. The van der Waals surface area contributed by atoms with Gasteiger partial charge >= 0.3 is 0 Å². The number of aryl methyl sites for hydroxylation is 1. The van der Waals surface area contributed by atoms with Crippen LogP contribution in [0.1, 0.15) is 23.7 Å². The Labute approximate surface area is 125 Å². The van der Waals surface area contributed by atoms with Crippen LogP contribution in [0.4, 0.5) is 0 Å². The number of aromatic nitrogens is 1. The van der Waals surface area contributed by atoms with Crippen molar-refractivity contribution < 1.29 is 4.74 Å². The predicted octanol–water partition coefficient (Wildman–Crippen LogP) is 2.26. The molecular weight excluding hydrogens is 262 g/mol. The van der Waals surface area contributed by atoms with E-state index < -0.39 is 0 Å². The molecule has 0 radical (unpaired) electrons. The number of nitrogens with zero attached hydrogens (tertiary/aromatic N) is 2. The van der Waals surface area contributed by atoms with Gasteiger partial charge in [0.25, 0.3) is 0 Å². The number of ether oxygens (including phenoxy) is 1. The van der Waals surface area contributed by atoms with Crippen LogP contribution in [0, 0.1) is 6.92 Å². The second kappa shape index (κ2) is 6.10. The molecule has 0 spiro atoms. The number of fused-ring (bicyclic) bond motifs is 1. The number of methoxy groups -OCH3 is 1. The van der Waals surface area contributed by atoms with Gasteiger partial charge in [-0.1, -0.05) is 12.1 Å². The summed E-state index contributed by atoms with van der Waals surface area (Å²) in [6, 6.07) is 10.9. The summed E-state index contributed by atoms with van der Waals surface area (Å²) in [5.74, 6) is 0. The summed E-state index contributed by atoms with van der Waals surface area (Å²) in [6.45, 7) is 4.65. The Hall–Kier alpha value is -1.49. The van der Waals surface area contributed by atoms with Gasteiger partial charge in [0, 0.05) is 43.9 Å². The molecule has 1 fully saturated rings. The van der Waals surface area contributed by atoms with Crippen LogP contribution in [0.2, 0.25) is 0 Å². The highest BCUT2D eigenvalue weighted by Crippen LogP contribution is 2.27. The van der Waals surface area contributed by atoms with E-state index in [1.165, 1.54) is 10.9 Å². The van der Waals surface area contributed by atoms with Crippen LogP contribution in [0.25, 0.3) is 10.9 Å². The first-order valence-corrected chi connectivity index (χ1v) is 7.55. The summed E-state index contributed by atoms with van der Waals surface area (Å²) in [6.07, 6.45) is 1.42. The summed E-state index contributed by atoms with van der Waals surface area (Å²) >= 11 is 0. The zero-order valence-electron chi connectivity index (χ0n) is 12.7. The van der Waals surface area contributed by atoms with E-state index in [9.17, 15) is 0 Å². The fourth-order valence-electron chi connectivity index (χ4n) is 3.18. The van der Waals surface area contributed by atoms with Gasteiger partial charge in [-0.25, -0.2) is 0 Å². The van der Waals surface area contributed by atoms with Crippen LogP contribution in [-0.2, 0) is 4.74 Å². The molecule has 4 heteroatoms. The molecule has 0 amide bonds. The van der Waals surface area contributed by atoms with Crippen molar-refractivity contribution in [2.45, 2.75) is 25.5 Å². The van der Waals surface area contributed by atoms with Gasteiger partial charge in [0.15, 0.2) is 0 Å². The van der Waals surface area contributed by atoms with Gasteiger partial charge in [0.1, 0.15) is 0 Å². The third-order valence-corrected chi connectivity index (χ3v) is 4.41. The Bertz CT molecular complexity index is 628. The van der Waals surface area contributed by atoms with E-state index in [-0.39, 0.29) is 6.04 Å². The van der Waals surface area contributed by atoms with E-state index in [1.807, 2.05) is 6.92 Å². The third kappa shape index (κ3) is 2.93. The minimum atomic E-state index is 0.260. The molecule has 2 unspecified atom stereocenters. The largest absolute Gasteiger partial charge is 0.380 e. The molecule has 1 aliphatic heterocycles. The molecule has 2 aromatic rings. The summed E-state index contributed by atoms with van der Waals surface area (Å²) in [5, 5.41) is 1.18. The SMILES string of the molecule is COC1CCN(C(CN)c2ccc3nc(C)ccc3c2)C1. The topological polar surface area (TPSA) is 51.4 Å². The maximum atomic E-state index is 6.04. The lowest BCUT2D eigenvalue weighted by Gasteiger charge is -2.27. The molecule has 1 saturated heterocycles. The lowest BCUT2D eigenvalue weighted by Crippen LogP contribution is -2.32. The van der Waals surface area contributed by atoms with E-state index in [1.54, 1.807) is 7.11 Å². The zero-order chi connectivity index (χ0) is 14.8. The number of benzene rings is 1. The lowest BCUT2D eigenvalue weighted by atomic mass is 10.0. The van der Waals surface area contributed by atoms with Crippen LogP contribution in [0.5, 0.6) is 0 Å². The molecule has 1 aromatic heterocycles. The Morgan fingerprint density at radius 2 is 2.24 bits per heavy atom. The van der Waals surface area contributed by atoms with Crippen LogP contribution in [-0.4, -0.2) is 42.7 Å². The third-order valence-electron chi connectivity index (χ3n) is 4.41. The average Bonchev–Trinajstić information content (AvgIpc) is 2.97. The van der Waals surface area contributed by atoms with Crippen LogP contribution >= 0.6 is 0 Å². The van der Waals surface area contributed by atoms with Crippen molar-refractivity contribution in [3.8, 4) is 0 Å². The van der Waals surface area contributed by atoms with E-state index in [0.29, 0.717) is 12.6 Å². The molecule has 0 bridgehead atoms. The summed E-state index contributed by atoms with van der Waals surface area (Å²) in [4.78, 5) is 6.99. The van der Waals surface area contributed by atoms with E-state index in [0.717, 1.165) is 30.7 Å². The number of likely N-dealkylation sites (tertiary alicyclic amines) is 1. The van der Waals surface area contributed by atoms with Gasteiger partial charge in [-0.2, -0.15) is 0 Å². The Balaban J connectivity index is 1.88. The van der Waals surface area contributed by atoms with E-state index in [2.05, 4.69) is 40.2 Å². The van der Waals surface area contributed by atoms with Crippen molar-refractivity contribution >= 4 is 10.9 Å². The minimum absolute atomic E-state index is 0.260. The van der Waals surface area contributed by atoms with E-state index in [4.69, 9.17) is 10.5 Å². The number of hydrogen-bond acceptors (Lipinski definition) is 4. The molecule has 21 heavy (non-hydrogen) atoms. The molecule has 2 atom stereocenters. The molecule has 2 N–H and O–H groups in total. The first-order valence-electron chi connectivity index (χ1n) is 7.55.